The molecule has 7 rings (SSSR count). The third-order valence-electron chi connectivity index (χ3n) is 8.57. The largest absolute Gasteiger partial charge is 0.490 e. The van der Waals surface area contributed by atoms with Crippen molar-refractivity contribution in [1.82, 2.24) is 29.9 Å². The van der Waals surface area contributed by atoms with Gasteiger partial charge in [0.2, 0.25) is 5.91 Å². The Morgan fingerprint density at radius 2 is 1.94 bits per heavy atom. The quantitative estimate of drug-likeness (QED) is 0.200. The number of pyridine rings is 1. The van der Waals surface area contributed by atoms with Crippen molar-refractivity contribution in [3.63, 3.8) is 0 Å². The predicted molar refractivity (Wildman–Crippen MR) is 187 cm³/mol. The smallest absolute Gasteiger partial charge is 0.251 e. The molecule has 0 saturated carbocycles. The van der Waals surface area contributed by atoms with Gasteiger partial charge >= 0.3 is 0 Å². The molecule has 0 spiro atoms. The number of amides is 2. The van der Waals surface area contributed by atoms with Gasteiger partial charge in [-0.1, -0.05) is 12.1 Å². The standard InChI is InChI=1S/C37H37FN6O3S/c1-22(2)47-31-19-25(38)8-10-28(31)33-35(30-20-26-21-43(15-16-44(26)41-30)32(45)6-5-14-42(3)4)40-34(29-12-17-48-36(29)33)24-7-9-27-23(18-24)11-13-39-37(27)46/h5-10,12,17-20,22H,11,13-16,21H2,1-4H3,(H,39,46)/b6-5+. The third-order valence-corrected chi connectivity index (χ3v) is 9.50. The lowest BCUT2D eigenvalue weighted by atomic mass is 9.94. The molecule has 2 aromatic carbocycles. The number of ether oxygens (including phenoxy) is 1. The molecule has 0 bridgehead atoms. The molecule has 0 radical (unpaired) electrons. The zero-order valence-corrected chi connectivity index (χ0v) is 28.2. The predicted octanol–water partition coefficient (Wildman–Crippen LogP) is 6.17. The van der Waals surface area contributed by atoms with E-state index in [-0.39, 0.29) is 23.7 Å². The molecular formula is C37H37FN6O3S. The van der Waals surface area contributed by atoms with Gasteiger partial charge in [0.25, 0.3) is 5.91 Å². The van der Waals surface area contributed by atoms with Crippen LogP contribution < -0.4 is 10.1 Å². The molecule has 2 aliphatic rings. The zero-order chi connectivity index (χ0) is 33.5. The summed E-state index contributed by atoms with van der Waals surface area (Å²) in [4.78, 5) is 34.7. The fraction of sp³-hybridized carbons (Fsp3) is 0.297. The number of halogens is 1. The average molecular weight is 665 g/mol. The van der Waals surface area contributed by atoms with E-state index in [0.29, 0.717) is 55.4 Å². The van der Waals surface area contributed by atoms with Crippen LogP contribution in [0.25, 0.3) is 43.9 Å². The number of nitrogens with one attached hydrogen (secondary N) is 1. The van der Waals surface area contributed by atoms with Crippen LogP contribution in [0.4, 0.5) is 4.39 Å². The van der Waals surface area contributed by atoms with Crippen LogP contribution in [0.1, 0.15) is 35.5 Å². The summed E-state index contributed by atoms with van der Waals surface area (Å²) in [6, 6.07) is 14.6. The van der Waals surface area contributed by atoms with Crippen LogP contribution >= 0.6 is 11.3 Å². The molecule has 0 aliphatic carbocycles. The van der Waals surface area contributed by atoms with E-state index < -0.39 is 0 Å². The maximum Gasteiger partial charge on any atom is 0.251 e. The summed E-state index contributed by atoms with van der Waals surface area (Å²) in [5, 5.41) is 10.9. The van der Waals surface area contributed by atoms with Crippen LogP contribution in [-0.2, 0) is 24.3 Å². The number of hydrogen-bond acceptors (Lipinski definition) is 7. The Bertz CT molecular complexity index is 2080. The molecule has 0 atom stereocenters. The van der Waals surface area contributed by atoms with E-state index in [1.807, 2.05) is 72.1 Å². The van der Waals surface area contributed by atoms with Crippen molar-refractivity contribution in [2.75, 3.05) is 33.7 Å². The van der Waals surface area contributed by atoms with Crippen LogP contribution in [0.3, 0.4) is 0 Å². The van der Waals surface area contributed by atoms with E-state index in [1.54, 1.807) is 23.5 Å². The molecule has 246 valence electrons. The monoisotopic (exact) mass is 664 g/mol. The minimum atomic E-state index is -0.386. The molecule has 5 aromatic rings. The summed E-state index contributed by atoms with van der Waals surface area (Å²) in [6.07, 6.45) is 4.07. The molecule has 2 amide bonds. The number of likely N-dealkylation sites (N-methyl/N-ethyl adjacent to an activating group) is 1. The molecule has 1 N–H and O–H groups in total. The molecule has 0 saturated heterocycles. The summed E-state index contributed by atoms with van der Waals surface area (Å²) >= 11 is 1.58. The van der Waals surface area contributed by atoms with Gasteiger partial charge in [-0.3, -0.25) is 14.3 Å². The SMILES string of the molecule is CC(C)Oc1cc(F)ccc1-c1c(-c2cc3n(n2)CCN(C(=O)/C=C/CN(C)C)C3)nc(-c2ccc3c(c2)CCNC3=O)c2ccsc12. The number of aromatic nitrogens is 3. The van der Waals surface area contributed by atoms with Crippen molar-refractivity contribution in [3.05, 3.63) is 88.7 Å². The van der Waals surface area contributed by atoms with Gasteiger partial charge in [0.05, 0.1) is 30.6 Å². The second kappa shape index (κ2) is 13.0. The zero-order valence-electron chi connectivity index (χ0n) is 27.4. The summed E-state index contributed by atoms with van der Waals surface area (Å²) in [5.74, 6) is -0.0518. The highest BCUT2D eigenvalue weighted by atomic mass is 32.1. The number of thiophene rings is 1. The number of rotatable bonds is 8. The van der Waals surface area contributed by atoms with E-state index in [2.05, 4.69) is 17.4 Å². The lowest BCUT2D eigenvalue weighted by Gasteiger charge is -2.26. The van der Waals surface area contributed by atoms with Crippen LogP contribution in [0.5, 0.6) is 5.75 Å². The Hall–Kier alpha value is -4.87. The minimum absolute atomic E-state index is 0.0326. The van der Waals surface area contributed by atoms with Crippen LogP contribution in [-0.4, -0.2) is 76.2 Å². The van der Waals surface area contributed by atoms with Gasteiger partial charge in [-0.15, -0.1) is 11.3 Å². The Morgan fingerprint density at radius 3 is 2.75 bits per heavy atom. The number of carbonyl (C=O) groups excluding carboxylic acids is 2. The fourth-order valence-corrected chi connectivity index (χ4v) is 7.31. The Morgan fingerprint density at radius 1 is 1.10 bits per heavy atom. The molecule has 0 unspecified atom stereocenters. The number of fused-ring (bicyclic) bond motifs is 3. The van der Waals surface area contributed by atoms with Gasteiger partial charge in [-0.2, -0.15) is 5.10 Å². The van der Waals surface area contributed by atoms with E-state index >= 15 is 0 Å². The molecule has 48 heavy (non-hydrogen) atoms. The van der Waals surface area contributed by atoms with E-state index in [9.17, 15) is 14.0 Å². The van der Waals surface area contributed by atoms with Gasteiger partial charge in [-0.25, -0.2) is 9.37 Å². The van der Waals surface area contributed by atoms with E-state index in [0.717, 1.165) is 50.1 Å². The van der Waals surface area contributed by atoms with Gasteiger partial charge in [0.1, 0.15) is 23.0 Å². The first-order valence-corrected chi connectivity index (χ1v) is 17.0. The maximum atomic E-state index is 14.6. The first-order valence-electron chi connectivity index (χ1n) is 16.1. The highest BCUT2D eigenvalue weighted by Crippen LogP contribution is 2.46. The Balaban J connectivity index is 1.39. The Labute approximate surface area is 282 Å². The second-order valence-electron chi connectivity index (χ2n) is 12.7. The van der Waals surface area contributed by atoms with Crippen molar-refractivity contribution in [2.45, 2.75) is 39.5 Å². The van der Waals surface area contributed by atoms with Crippen LogP contribution in [0, 0.1) is 5.82 Å². The topological polar surface area (TPSA) is 92.6 Å². The molecule has 5 heterocycles. The Kier molecular flexibility index (Phi) is 8.57. The molecule has 9 nitrogen and oxygen atoms in total. The normalized spacial score (nSPS) is 14.6. The van der Waals surface area contributed by atoms with Crippen molar-refractivity contribution in [1.29, 1.82) is 0 Å². The highest BCUT2D eigenvalue weighted by Gasteiger charge is 2.27. The first-order chi connectivity index (χ1) is 23.2. The fourth-order valence-electron chi connectivity index (χ4n) is 6.35. The maximum absolute atomic E-state index is 14.6. The van der Waals surface area contributed by atoms with Crippen LogP contribution in [0.15, 0.2) is 66.1 Å². The average Bonchev–Trinajstić information content (AvgIpc) is 3.71. The van der Waals surface area contributed by atoms with Crippen molar-refractivity contribution in [3.8, 4) is 39.5 Å². The second-order valence-corrected chi connectivity index (χ2v) is 13.6. The first kappa shape index (κ1) is 31.7. The molecular weight excluding hydrogens is 628 g/mol. The highest BCUT2D eigenvalue weighted by molar-refractivity contribution is 7.18. The summed E-state index contributed by atoms with van der Waals surface area (Å²) in [5.41, 5.74) is 7.09. The van der Waals surface area contributed by atoms with Gasteiger partial charge < -0.3 is 19.9 Å². The van der Waals surface area contributed by atoms with Gasteiger partial charge in [-0.05, 0) is 81.7 Å². The minimum Gasteiger partial charge on any atom is -0.490 e. The molecule has 2 aliphatic heterocycles. The number of carbonyl (C=O) groups is 2. The summed E-state index contributed by atoms with van der Waals surface area (Å²) in [6.45, 7) is 6.63. The lowest BCUT2D eigenvalue weighted by molar-refractivity contribution is -0.127. The molecule has 3 aromatic heterocycles. The lowest BCUT2D eigenvalue weighted by Crippen LogP contribution is -2.37. The van der Waals surface area contributed by atoms with Crippen LogP contribution in [0.2, 0.25) is 0 Å². The molecule has 11 heteroatoms. The van der Waals surface area contributed by atoms with Gasteiger partial charge in [0, 0.05) is 64.1 Å². The van der Waals surface area contributed by atoms with Crippen molar-refractivity contribution >= 4 is 33.2 Å². The number of hydrogen-bond donors (Lipinski definition) is 1. The van der Waals surface area contributed by atoms with E-state index in [1.165, 1.54) is 12.1 Å². The van der Waals surface area contributed by atoms with Gasteiger partial charge in [0.15, 0.2) is 0 Å². The van der Waals surface area contributed by atoms with E-state index in [4.69, 9.17) is 14.8 Å². The summed E-state index contributed by atoms with van der Waals surface area (Å²) in [7, 11) is 3.93. The van der Waals surface area contributed by atoms with Crippen molar-refractivity contribution < 1.29 is 18.7 Å². The molecule has 0 fully saturated rings. The summed E-state index contributed by atoms with van der Waals surface area (Å²) < 4.78 is 23.7. The third kappa shape index (κ3) is 6.11. The number of benzene rings is 2. The van der Waals surface area contributed by atoms with Crippen molar-refractivity contribution in [2.24, 2.45) is 0 Å². The number of nitrogens with zero attached hydrogens (tertiary/aromatic N) is 5.